The minimum Gasteiger partial charge on any atom is -0.473 e. The highest BCUT2D eigenvalue weighted by Gasteiger charge is 2.30. The molecule has 1 aromatic rings. The fraction of sp³-hybridized carbons (Fsp3) is 0.579. The lowest BCUT2D eigenvalue weighted by Crippen LogP contribution is -2.46. The van der Waals surface area contributed by atoms with Crippen LogP contribution in [0.4, 0.5) is 0 Å². The molecule has 31 heavy (non-hydrogen) atoms. The molecule has 174 valence electrons. The quantitative estimate of drug-likeness (QED) is 0.571. The summed E-state index contributed by atoms with van der Waals surface area (Å²) in [5.41, 5.74) is 0.300. The van der Waals surface area contributed by atoms with Crippen LogP contribution in [0.3, 0.4) is 0 Å². The van der Waals surface area contributed by atoms with Gasteiger partial charge < -0.3 is 19.8 Å². The Kier molecular flexibility index (Phi) is 10.0. The van der Waals surface area contributed by atoms with E-state index in [1.54, 1.807) is 23.4 Å². The van der Waals surface area contributed by atoms with Gasteiger partial charge in [0.15, 0.2) is 0 Å². The first-order valence-corrected chi connectivity index (χ1v) is 11.2. The van der Waals surface area contributed by atoms with Crippen LogP contribution in [0.1, 0.15) is 26.3 Å². The van der Waals surface area contributed by atoms with Crippen LogP contribution in [-0.4, -0.2) is 89.3 Å². The molecule has 0 bridgehead atoms. The van der Waals surface area contributed by atoms with Gasteiger partial charge in [-0.3, -0.25) is 9.78 Å². The van der Waals surface area contributed by atoms with Crippen LogP contribution in [0.5, 0.6) is 0 Å². The van der Waals surface area contributed by atoms with Crippen molar-refractivity contribution in [2.24, 2.45) is 5.41 Å². The number of rotatable bonds is 6. The van der Waals surface area contributed by atoms with E-state index in [1.165, 1.54) is 4.31 Å². The third-order valence-electron chi connectivity index (χ3n) is 4.19. The van der Waals surface area contributed by atoms with E-state index in [9.17, 15) is 13.2 Å². The highest BCUT2D eigenvalue weighted by molar-refractivity contribution is 7.89. The number of aliphatic carboxylic acids is 2. The van der Waals surface area contributed by atoms with Gasteiger partial charge in [0.2, 0.25) is 15.9 Å². The average molecular weight is 460 g/mol. The third-order valence-corrected chi connectivity index (χ3v) is 6.04. The number of carboxylic acids is 2. The Morgan fingerprint density at radius 1 is 1.16 bits per heavy atom. The summed E-state index contributed by atoms with van der Waals surface area (Å²) in [7, 11) is -3.41. The number of carboxylic acid groups (broad SMARTS) is 2. The lowest BCUT2D eigenvalue weighted by molar-refractivity contribution is -0.159. The van der Waals surface area contributed by atoms with Crippen LogP contribution < -0.4 is 0 Å². The molecule has 1 fully saturated rings. The highest BCUT2D eigenvalue weighted by Crippen LogP contribution is 2.19. The number of pyridine rings is 1. The average Bonchev–Trinajstić information content (AvgIpc) is 2.71. The maximum absolute atomic E-state index is 12.7. The molecule has 2 N–H and O–H groups in total. The van der Waals surface area contributed by atoms with Gasteiger partial charge in [0.05, 0.1) is 19.0 Å². The zero-order valence-electron chi connectivity index (χ0n) is 17.9. The lowest BCUT2D eigenvalue weighted by atomic mass is 9.94. The van der Waals surface area contributed by atoms with Crippen molar-refractivity contribution in [2.75, 3.05) is 38.6 Å². The van der Waals surface area contributed by atoms with E-state index in [0.29, 0.717) is 32.8 Å². The largest absolute Gasteiger partial charge is 0.473 e. The SMILES string of the molecule is CC(C)(C)C(=O)N(CCS(=O)(=O)N1CCOCC1)Cc1cccnc1.O=C(O)C(=O)O. The second-order valence-corrected chi connectivity index (χ2v) is 9.86. The predicted octanol–water partition coefficient (Wildman–Crippen LogP) is 0.274. The lowest BCUT2D eigenvalue weighted by Gasteiger charge is -2.31. The van der Waals surface area contributed by atoms with Crippen LogP contribution in [0.15, 0.2) is 24.5 Å². The molecule has 0 saturated carbocycles. The molecule has 0 unspecified atom stereocenters. The van der Waals surface area contributed by atoms with Crippen molar-refractivity contribution in [3.8, 4) is 0 Å². The predicted molar refractivity (Wildman–Crippen MR) is 111 cm³/mol. The molecule has 1 aliphatic rings. The van der Waals surface area contributed by atoms with Gasteiger partial charge in [-0.15, -0.1) is 0 Å². The molecule has 0 radical (unpaired) electrons. The molecular formula is C19H29N3O8S. The van der Waals surface area contributed by atoms with Crippen molar-refractivity contribution in [3.05, 3.63) is 30.1 Å². The van der Waals surface area contributed by atoms with Gasteiger partial charge in [0.25, 0.3) is 0 Å². The number of morpholine rings is 1. The van der Waals surface area contributed by atoms with E-state index in [4.69, 9.17) is 24.5 Å². The molecule has 2 heterocycles. The van der Waals surface area contributed by atoms with Crippen LogP contribution in [0.25, 0.3) is 0 Å². The Labute approximate surface area is 181 Å². The topological polar surface area (TPSA) is 154 Å². The zero-order valence-corrected chi connectivity index (χ0v) is 18.7. The Morgan fingerprint density at radius 3 is 2.19 bits per heavy atom. The van der Waals surface area contributed by atoms with Crippen LogP contribution in [-0.2, 0) is 35.7 Å². The molecule has 1 aliphatic heterocycles. The Hall–Kier alpha value is -2.57. The molecule has 0 spiro atoms. The first kappa shape index (κ1) is 26.5. The number of carbonyl (C=O) groups is 3. The summed E-state index contributed by atoms with van der Waals surface area (Å²) in [5, 5.41) is 14.8. The van der Waals surface area contributed by atoms with E-state index in [0.717, 1.165) is 5.56 Å². The highest BCUT2D eigenvalue weighted by atomic mass is 32.2. The molecule has 11 nitrogen and oxygen atoms in total. The van der Waals surface area contributed by atoms with Crippen LogP contribution in [0, 0.1) is 5.41 Å². The summed E-state index contributed by atoms with van der Waals surface area (Å²) in [6.45, 7) is 7.59. The Morgan fingerprint density at radius 2 is 1.74 bits per heavy atom. The molecule has 1 aromatic heterocycles. The monoisotopic (exact) mass is 459 g/mol. The standard InChI is InChI=1S/C17H27N3O4S.C2H2O4/c1-17(2,3)16(21)19(14-15-5-4-6-18-13-15)9-12-25(22,23)20-7-10-24-11-8-20;3-1(4)2(5)6/h4-6,13H,7-12,14H2,1-3H3;(H,3,4)(H,5,6). The summed E-state index contributed by atoms with van der Waals surface area (Å²) in [6.07, 6.45) is 3.36. The maximum atomic E-state index is 12.7. The second-order valence-electron chi connectivity index (χ2n) is 7.78. The summed E-state index contributed by atoms with van der Waals surface area (Å²) in [6, 6.07) is 3.69. The van der Waals surface area contributed by atoms with Crippen molar-refractivity contribution < 1.29 is 37.8 Å². The summed E-state index contributed by atoms with van der Waals surface area (Å²) < 4.78 is 31.7. The zero-order chi connectivity index (χ0) is 23.7. The van der Waals surface area contributed by atoms with E-state index >= 15 is 0 Å². The number of amides is 1. The van der Waals surface area contributed by atoms with E-state index in [-0.39, 0.29) is 18.2 Å². The molecule has 12 heteroatoms. The minimum atomic E-state index is -3.41. The minimum absolute atomic E-state index is 0.0754. The number of hydrogen-bond donors (Lipinski definition) is 2. The normalized spacial score (nSPS) is 14.8. The van der Waals surface area contributed by atoms with Crippen molar-refractivity contribution in [1.82, 2.24) is 14.2 Å². The number of sulfonamides is 1. The van der Waals surface area contributed by atoms with Crippen molar-refractivity contribution >= 4 is 27.9 Å². The van der Waals surface area contributed by atoms with Gasteiger partial charge in [-0.25, -0.2) is 18.0 Å². The maximum Gasteiger partial charge on any atom is 0.414 e. The van der Waals surface area contributed by atoms with Crippen molar-refractivity contribution in [3.63, 3.8) is 0 Å². The van der Waals surface area contributed by atoms with E-state index in [2.05, 4.69) is 4.98 Å². The van der Waals surface area contributed by atoms with Gasteiger partial charge in [0.1, 0.15) is 0 Å². The Balaban J connectivity index is 0.000000703. The Bertz CT molecular complexity index is 835. The van der Waals surface area contributed by atoms with Gasteiger partial charge in [0, 0.05) is 44.0 Å². The van der Waals surface area contributed by atoms with Crippen molar-refractivity contribution in [1.29, 1.82) is 0 Å². The fourth-order valence-electron chi connectivity index (χ4n) is 2.62. The van der Waals surface area contributed by atoms with Crippen molar-refractivity contribution in [2.45, 2.75) is 27.3 Å². The summed E-state index contributed by atoms with van der Waals surface area (Å²) >= 11 is 0. The molecule has 0 aliphatic carbocycles. The summed E-state index contributed by atoms with van der Waals surface area (Å²) in [4.78, 5) is 36.6. The molecule has 1 saturated heterocycles. The summed E-state index contributed by atoms with van der Waals surface area (Å²) in [5.74, 6) is -3.81. The van der Waals surface area contributed by atoms with Crippen LogP contribution >= 0.6 is 0 Å². The molecule has 0 atom stereocenters. The molecule has 1 amide bonds. The number of ether oxygens (including phenoxy) is 1. The molecule has 2 rings (SSSR count). The van der Waals surface area contributed by atoms with Gasteiger partial charge in [-0.05, 0) is 11.6 Å². The van der Waals surface area contributed by atoms with Gasteiger partial charge in [-0.2, -0.15) is 4.31 Å². The third kappa shape index (κ3) is 9.40. The number of hydrogen-bond acceptors (Lipinski definition) is 7. The van der Waals surface area contributed by atoms with Gasteiger partial charge >= 0.3 is 11.9 Å². The molecule has 0 aromatic carbocycles. The first-order chi connectivity index (χ1) is 14.3. The second kappa shape index (κ2) is 11.7. The van der Waals surface area contributed by atoms with E-state index < -0.39 is 27.4 Å². The number of nitrogens with zero attached hydrogens (tertiary/aromatic N) is 3. The van der Waals surface area contributed by atoms with E-state index in [1.807, 2.05) is 26.8 Å². The van der Waals surface area contributed by atoms with Gasteiger partial charge in [-0.1, -0.05) is 26.8 Å². The first-order valence-electron chi connectivity index (χ1n) is 9.54. The smallest absolute Gasteiger partial charge is 0.414 e. The number of carbonyl (C=O) groups excluding carboxylic acids is 1. The number of aromatic nitrogens is 1. The van der Waals surface area contributed by atoms with Crippen LogP contribution in [0.2, 0.25) is 0 Å². The molecular weight excluding hydrogens is 430 g/mol. The fourth-order valence-corrected chi connectivity index (χ4v) is 4.03.